The van der Waals surface area contributed by atoms with Crippen molar-refractivity contribution in [3.05, 3.63) is 29.8 Å². The Labute approximate surface area is 122 Å². The van der Waals surface area contributed by atoms with E-state index < -0.39 is 11.6 Å². The highest BCUT2D eigenvalue weighted by Gasteiger charge is 2.38. The summed E-state index contributed by atoms with van der Waals surface area (Å²) in [5, 5.41) is 3.33. The lowest BCUT2D eigenvalue weighted by Gasteiger charge is -2.43. The maximum atomic E-state index is 13.2. The van der Waals surface area contributed by atoms with Crippen LogP contribution in [-0.4, -0.2) is 29.8 Å². The van der Waals surface area contributed by atoms with Crippen molar-refractivity contribution < 1.29 is 13.5 Å². The Kier molecular flexibility index (Phi) is 4.17. The molecule has 2 nitrogen and oxygen atoms in total. The van der Waals surface area contributed by atoms with Crippen LogP contribution in [0, 0.1) is 11.6 Å². The monoisotopic (exact) mass is 299 g/mol. The van der Waals surface area contributed by atoms with Crippen LogP contribution in [0.5, 0.6) is 0 Å². The third-order valence-corrected chi connectivity index (χ3v) is 5.17. The molecule has 1 atom stereocenters. The molecule has 5 heteroatoms. The average Bonchev–Trinajstić information content (AvgIpc) is 2.44. The Morgan fingerprint density at radius 2 is 2.00 bits per heavy atom. The molecular formula is C15H19F2NOS. The van der Waals surface area contributed by atoms with E-state index in [0.717, 1.165) is 43.8 Å². The molecule has 2 saturated heterocycles. The number of hydrogen-bond acceptors (Lipinski definition) is 3. The van der Waals surface area contributed by atoms with Gasteiger partial charge in [0.25, 0.3) is 0 Å². The molecule has 1 aromatic carbocycles. The second kappa shape index (κ2) is 5.90. The van der Waals surface area contributed by atoms with Crippen LogP contribution < -0.4 is 5.32 Å². The maximum Gasteiger partial charge on any atom is 0.160 e. The molecule has 1 aromatic rings. The fraction of sp³-hybridized carbons (Fsp3) is 0.600. The van der Waals surface area contributed by atoms with Gasteiger partial charge in [0.05, 0.1) is 5.60 Å². The normalized spacial score (nSPS) is 25.6. The lowest BCUT2D eigenvalue weighted by atomic mass is 9.85. The highest BCUT2D eigenvalue weighted by molar-refractivity contribution is 7.99. The third-order valence-electron chi connectivity index (χ3n) is 4.19. The Hall–Kier alpha value is -0.810. The summed E-state index contributed by atoms with van der Waals surface area (Å²) >= 11 is 1.98. The highest BCUT2D eigenvalue weighted by Crippen LogP contribution is 2.38. The van der Waals surface area contributed by atoms with Gasteiger partial charge in [-0.25, -0.2) is 8.78 Å². The first-order valence-corrected chi connectivity index (χ1v) is 8.26. The van der Waals surface area contributed by atoms with Crippen molar-refractivity contribution in [1.82, 2.24) is 0 Å². The van der Waals surface area contributed by atoms with E-state index in [4.69, 9.17) is 4.74 Å². The molecule has 1 spiro atoms. The van der Waals surface area contributed by atoms with Crippen molar-refractivity contribution in [1.29, 1.82) is 0 Å². The zero-order valence-electron chi connectivity index (χ0n) is 11.3. The number of rotatable bonds is 2. The quantitative estimate of drug-likeness (QED) is 0.897. The number of thioether (sulfide) groups is 1. The van der Waals surface area contributed by atoms with Crippen molar-refractivity contribution in [2.45, 2.75) is 37.3 Å². The molecule has 1 N–H and O–H groups in total. The molecule has 2 aliphatic rings. The van der Waals surface area contributed by atoms with Crippen LogP contribution in [0.15, 0.2) is 18.2 Å². The lowest BCUT2D eigenvalue weighted by molar-refractivity contribution is -0.0865. The van der Waals surface area contributed by atoms with E-state index in [2.05, 4.69) is 5.32 Å². The number of nitrogens with one attached hydrogen (secondary N) is 1. The molecule has 0 amide bonds. The van der Waals surface area contributed by atoms with Gasteiger partial charge in [-0.15, -0.1) is 0 Å². The zero-order valence-corrected chi connectivity index (χ0v) is 12.1. The Morgan fingerprint density at radius 3 is 2.75 bits per heavy atom. The summed E-state index contributed by atoms with van der Waals surface area (Å²) in [6.07, 6.45) is 4.04. The summed E-state index contributed by atoms with van der Waals surface area (Å²) < 4.78 is 32.2. The third kappa shape index (κ3) is 3.09. The van der Waals surface area contributed by atoms with E-state index in [1.807, 2.05) is 11.8 Å². The molecule has 1 unspecified atom stereocenters. The highest BCUT2D eigenvalue weighted by atomic mass is 32.2. The maximum absolute atomic E-state index is 13.2. The smallest absolute Gasteiger partial charge is 0.160 e. The number of benzene rings is 1. The van der Waals surface area contributed by atoms with Gasteiger partial charge in [0.1, 0.15) is 0 Å². The van der Waals surface area contributed by atoms with Crippen molar-refractivity contribution in [2.24, 2.45) is 0 Å². The van der Waals surface area contributed by atoms with E-state index in [1.54, 1.807) is 6.07 Å². The van der Waals surface area contributed by atoms with Gasteiger partial charge in [0.2, 0.25) is 0 Å². The first kappa shape index (κ1) is 14.1. The molecule has 2 aliphatic heterocycles. The Bertz CT molecular complexity index is 471. The van der Waals surface area contributed by atoms with Gasteiger partial charge >= 0.3 is 0 Å². The minimum Gasteiger partial charge on any atom is -0.382 e. The summed E-state index contributed by atoms with van der Waals surface area (Å²) in [5.41, 5.74) is 0.649. The summed E-state index contributed by atoms with van der Waals surface area (Å²) in [7, 11) is 0. The van der Waals surface area contributed by atoms with Gasteiger partial charge in [-0.2, -0.15) is 11.8 Å². The molecule has 2 heterocycles. The van der Waals surface area contributed by atoms with Crippen LogP contribution in [0.1, 0.15) is 25.7 Å². The van der Waals surface area contributed by atoms with Crippen LogP contribution >= 0.6 is 11.8 Å². The Morgan fingerprint density at radius 1 is 1.20 bits per heavy atom. The van der Waals surface area contributed by atoms with Crippen LogP contribution in [0.4, 0.5) is 14.5 Å². The first-order valence-electron chi connectivity index (χ1n) is 7.10. The molecule has 0 bridgehead atoms. The summed E-state index contributed by atoms with van der Waals surface area (Å²) in [4.78, 5) is 0. The van der Waals surface area contributed by atoms with E-state index in [-0.39, 0.29) is 11.6 Å². The average molecular weight is 299 g/mol. The molecule has 3 rings (SSSR count). The molecule has 110 valence electrons. The lowest BCUT2D eigenvalue weighted by Crippen LogP contribution is -2.46. The van der Waals surface area contributed by atoms with Gasteiger partial charge < -0.3 is 10.1 Å². The molecule has 0 saturated carbocycles. The molecule has 20 heavy (non-hydrogen) atoms. The number of hydrogen-bond donors (Lipinski definition) is 1. The van der Waals surface area contributed by atoms with Crippen molar-refractivity contribution in [2.75, 3.05) is 23.4 Å². The van der Waals surface area contributed by atoms with Crippen LogP contribution in [-0.2, 0) is 4.74 Å². The van der Waals surface area contributed by atoms with Crippen molar-refractivity contribution >= 4 is 17.4 Å². The predicted molar refractivity (Wildman–Crippen MR) is 78.2 cm³/mol. The van der Waals surface area contributed by atoms with E-state index in [9.17, 15) is 8.78 Å². The summed E-state index contributed by atoms with van der Waals surface area (Å²) in [6.45, 7) is 0.742. The van der Waals surface area contributed by atoms with E-state index in [1.165, 1.54) is 12.1 Å². The fourth-order valence-electron chi connectivity index (χ4n) is 3.06. The molecule has 0 aromatic heterocycles. The van der Waals surface area contributed by atoms with Crippen LogP contribution in [0.25, 0.3) is 0 Å². The summed E-state index contributed by atoms with van der Waals surface area (Å²) in [6, 6.07) is 4.27. The van der Waals surface area contributed by atoms with Gasteiger partial charge in [-0.3, -0.25) is 0 Å². The first-order chi connectivity index (χ1) is 9.67. The molecule has 2 fully saturated rings. The van der Waals surface area contributed by atoms with Crippen LogP contribution in [0.3, 0.4) is 0 Å². The SMILES string of the molecule is Fc1ccc(NC2CCOC3(CCSCC3)C2)cc1F. The van der Waals surface area contributed by atoms with Crippen LogP contribution in [0.2, 0.25) is 0 Å². The predicted octanol–water partition coefficient (Wildman–Crippen LogP) is 3.82. The topological polar surface area (TPSA) is 21.3 Å². The van der Waals surface area contributed by atoms with Gasteiger partial charge in [-0.05, 0) is 49.3 Å². The van der Waals surface area contributed by atoms with Crippen molar-refractivity contribution in [3.63, 3.8) is 0 Å². The minimum atomic E-state index is -0.802. The second-order valence-electron chi connectivity index (χ2n) is 5.61. The minimum absolute atomic E-state index is 0.000256. The van der Waals surface area contributed by atoms with E-state index in [0.29, 0.717) is 5.69 Å². The van der Waals surface area contributed by atoms with E-state index >= 15 is 0 Å². The molecular weight excluding hydrogens is 280 g/mol. The number of ether oxygens (including phenoxy) is 1. The standard InChI is InChI=1S/C15H19F2NOS/c16-13-2-1-11(9-14(13)17)18-12-3-6-19-15(10-12)4-7-20-8-5-15/h1-2,9,12,18H,3-8,10H2. The molecule has 0 radical (unpaired) electrons. The summed E-state index contributed by atoms with van der Waals surface area (Å²) in [5.74, 6) is 0.699. The second-order valence-corrected chi connectivity index (χ2v) is 6.83. The largest absolute Gasteiger partial charge is 0.382 e. The zero-order chi connectivity index (χ0) is 14.0. The number of anilines is 1. The Balaban J connectivity index is 1.66. The van der Waals surface area contributed by atoms with Gasteiger partial charge in [-0.1, -0.05) is 0 Å². The number of halogens is 2. The van der Waals surface area contributed by atoms with Gasteiger partial charge in [0.15, 0.2) is 11.6 Å². The van der Waals surface area contributed by atoms with Crippen molar-refractivity contribution in [3.8, 4) is 0 Å². The molecule has 0 aliphatic carbocycles. The fourth-order valence-corrected chi connectivity index (χ4v) is 4.30. The van der Waals surface area contributed by atoms with Gasteiger partial charge in [0, 0.05) is 24.4 Å².